The monoisotopic (exact) mass is 421 g/mol. The van der Waals surface area contributed by atoms with E-state index in [1.165, 1.54) is 43.5 Å². The maximum absolute atomic E-state index is 12.6. The third-order valence-electron chi connectivity index (χ3n) is 3.50. The van der Waals surface area contributed by atoms with Crippen molar-refractivity contribution in [3.63, 3.8) is 0 Å². The molecule has 2 aromatic carbocycles. The largest absolute Gasteiger partial charge is 0.493 e. The van der Waals surface area contributed by atoms with Gasteiger partial charge in [0.2, 0.25) is 0 Å². The van der Waals surface area contributed by atoms with Crippen LogP contribution in [0.3, 0.4) is 0 Å². The van der Waals surface area contributed by atoms with Gasteiger partial charge in [-0.1, -0.05) is 18.2 Å². The van der Waals surface area contributed by atoms with Gasteiger partial charge in [0.25, 0.3) is 5.91 Å². The molecule has 0 radical (unpaired) electrons. The van der Waals surface area contributed by atoms with Gasteiger partial charge in [-0.2, -0.15) is 22.0 Å². The molecular weight excluding hydrogens is 405 g/mol. The smallest absolute Gasteiger partial charge is 0.446 e. The molecule has 0 aromatic heterocycles. The molecule has 0 unspecified atom stereocenters. The molecule has 1 N–H and O–H groups in total. The highest BCUT2D eigenvalue weighted by molar-refractivity contribution is 8.00. The van der Waals surface area contributed by atoms with Crippen molar-refractivity contribution < 1.29 is 36.2 Å². The fourth-order valence-electron chi connectivity index (χ4n) is 2.35. The number of hydrogen-bond donors (Lipinski definition) is 1. The summed E-state index contributed by atoms with van der Waals surface area (Å²) in [6.07, 6.45) is 0.254. The van der Waals surface area contributed by atoms with Gasteiger partial charge in [0, 0.05) is 11.4 Å². The second-order valence-corrected chi connectivity index (χ2v) is 6.52. The topological polar surface area (TPSA) is 47.6 Å². The van der Waals surface area contributed by atoms with E-state index < -0.39 is 18.0 Å². The molecule has 2 aromatic rings. The van der Waals surface area contributed by atoms with Crippen LogP contribution in [0.2, 0.25) is 0 Å². The molecule has 0 fully saturated rings. The van der Waals surface area contributed by atoms with Crippen LogP contribution in [0.25, 0.3) is 0 Å². The first-order chi connectivity index (χ1) is 13.2. The average Bonchev–Trinajstić information content (AvgIpc) is 2.60. The number of hydrogen-bond acceptors (Lipinski definition) is 4. The van der Waals surface area contributed by atoms with E-state index in [2.05, 4.69) is 10.1 Å². The Morgan fingerprint density at radius 3 is 2.50 bits per heavy atom. The van der Waals surface area contributed by atoms with E-state index in [9.17, 15) is 26.7 Å². The van der Waals surface area contributed by atoms with E-state index in [-0.39, 0.29) is 46.7 Å². The first-order valence-electron chi connectivity index (χ1n) is 7.94. The zero-order valence-electron chi connectivity index (χ0n) is 14.6. The van der Waals surface area contributed by atoms with Gasteiger partial charge in [-0.05, 0) is 48.0 Å². The van der Waals surface area contributed by atoms with Crippen LogP contribution in [0.4, 0.5) is 22.0 Å². The molecule has 152 valence electrons. The van der Waals surface area contributed by atoms with Crippen LogP contribution in [0.15, 0.2) is 47.4 Å². The van der Waals surface area contributed by atoms with Crippen LogP contribution in [-0.2, 0) is 6.42 Å². The number of thioether (sulfide) groups is 1. The van der Waals surface area contributed by atoms with Crippen LogP contribution in [0, 0.1) is 0 Å². The zero-order valence-corrected chi connectivity index (χ0v) is 15.4. The Morgan fingerprint density at radius 1 is 1.14 bits per heavy atom. The average molecular weight is 421 g/mol. The van der Waals surface area contributed by atoms with Gasteiger partial charge < -0.3 is 14.8 Å². The minimum atomic E-state index is -4.51. The number of methoxy groups -OCH3 is 1. The summed E-state index contributed by atoms with van der Waals surface area (Å²) in [5, 5.41) is 2.52. The molecular formula is C18H16F5NO3S. The fourth-order valence-corrected chi connectivity index (χ4v) is 3.01. The van der Waals surface area contributed by atoms with E-state index in [1.807, 2.05) is 0 Å². The molecule has 0 aliphatic heterocycles. The van der Waals surface area contributed by atoms with Crippen molar-refractivity contribution in [1.82, 2.24) is 5.32 Å². The number of alkyl halides is 5. The Morgan fingerprint density at radius 2 is 1.86 bits per heavy atom. The van der Waals surface area contributed by atoms with E-state index >= 15 is 0 Å². The van der Waals surface area contributed by atoms with Gasteiger partial charge in [-0.25, -0.2) is 0 Å². The zero-order chi connectivity index (χ0) is 20.7. The fraction of sp³-hybridized carbons (Fsp3) is 0.278. The molecule has 28 heavy (non-hydrogen) atoms. The van der Waals surface area contributed by atoms with E-state index in [1.54, 1.807) is 6.07 Å². The van der Waals surface area contributed by atoms with Crippen molar-refractivity contribution in [2.24, 2.45) is 0 Å². The Bertz CT molecular complexity index is 814. The predicted octanol–water partition coefficient (Wildman–Crippen LogP) is 4.88. The maximum atomic E-state index is 12.6. The van der Waals surface area contributed by atoms with Crippen molar-refractivity contribution in [1.29, 1.82) is 0 Å². The molecule has 1 amide bonds. The third kappa shape index (κ3) is 6.59. The van der Waals surface area contributed by atoms with Crippen molar-refractivity contribution >= 4 is 17.7 Å². The highest BCUT2D eigenvalue weighted by Crippen LogP contribution is 2.38. The molecule has 0 atom stereocenters. The SMILES string of the molecule is COc1ccc(CCNC(=O)c2ccccc2SC(F)(F)F)cc1OC(F)F. The summed E-state index contributed by atoms with van der Waals surface area (Å²) in [5.41, 5.74) is -4.03. The molecule has 0 saturated heterocycles. The van der Waals surface area contributed by atoms with Crippen molar-refractivity contribution in [2.75, 3.05) is 13.7 Å². The second kappa shape index (κ2) is 9.63. The predicted molar refractivity (Wildman–Crippen MR) is 94.0 cm³/mol. The minimum Gasteiger partial charge on any atom is -0.493 e. The summed E-state index contributed by atoms with van der Waals surface area (Å²) in [6, 6.07) is 9.79. The minimum absolute atomic E-state index is 0.0876. The normalized spacial score (nSPS) is 11.4. The molecule has 2 rings (SSSR count). The molecule has 0 heterocycles. The Kier molecular flexibility index (Phi) is 7.50. The lowest BCUT2D eigenvalue weighted by molar-refractivity contribution is -0.0512. The molecule has 0 aliphatic rings. The van der Waals surface area contributed by atoms with Gasteiger partial charge in [-0.3, -0.25) is 4.79 Å². The number of halogens is 5. The first kappa shape index (κ1) is 21.8. The van der Waals surface area contributed by atoms with Crippen molar-refractivity contribution in [3.8, 4) is 11.5 Å². The third-order valence-corrected chi connectivity index (χ3v) is 4.31. The Hall–Kier alpha value is -2.49. The standard InChI is InChI=1S/C18H16F5NO3S/c1-26-13-7-6-11(10-14(13)27-17(19)20)8-9-24-16(25)12-4-2-3-5-15(12)28-18(21,22)23/h2-7,10,17H,8-9H2,1H3,(H,24,25). The van der Waals surface area contributed by atoms with E-state index in [4.69, 9.17) is 4.74 Å². The van der Waals surface area contributed by atoms with E-state index in [0.29, 0.717) is 5.56 Å². The van der Waals surface area contributed by atoms with Gasteiger partial charge in [-0.15, -0.1) is 0 Å². The molecule has 0 aliphatic carbocycles. The summed E-state index contributed by atoms with van der Waals surface area (Å²) in [5.74, 6) is -0.677. The van der Waals surface area contributed by atoms with Crippen LogP contribution < -0.4 is 14.8 Å². The van der Waals surface area contributed by atoms with Crippen molar-refractivity contribution in [3.05, 3.63) is 53.6 Å². The Balaban J connectivity index is 2.01. The lowest BCUT2D eigenvalue weighted by Crippen LogP contribution is -2.26. The molecule has 0 saturated carbocycles. The number of ether oxygens (including phenoxy) is 2. The summed E-state index contributed by atoms with van der Waals surface area (Å²) in [7, 11) is 1.31. The first-order valence-corrected chi connectivity index (χ1v) is 8.76. The lowest BCUT2D eigenvalue weighted by atomic mass is 10.1. The number of carbonyl (C=O) groups excluding carboxylic acids is 1. The van der Waals surface area contributed by atoms with Gasteiger partial charge in [0.05, 0.1) is 12.7 Å². The molecule has 10 heteroatoms. The lowest BCUT2D eigenvalue weighted by Gasteiger charge is -2.13. The quantitative estimate of drug-likeness (QED) is 0.488. The summed E-state index contributed by atoms with van der Waals surface area (Å²) < 4.78 is 72.0. The maximum Gasteiger partial charge on any atom is 0.446 e. The number of benzene rings is 2. The number of rotatable bonds is 8. The summed E-state index contributed by atoms with van der Waals surface area (Å²) in [6.45, 7) is -2.93. The molecule has 4 nitrogen and oxygen atoms in total. The number of carbonyl (C=O) groups is 1. The van der Waals surface area contributed by atoms with Crippen LogP contribution in [0.5, 0.6) is 11.5 Å². The molecule has 0 bridgehead atoms. The summed E-state index contributed by atoms with van der Waals surface area (Å²) in [4.78, 5) is 12.0. The van der Waals surface area contributed by atoms with Crippen LogP contribution >= 0.6 is 11.8 Å². The summed E-state index contributed by atoms with van der Waals surface area (Å²) >= 11 is -0.365. The number of nitrogens with one attached hydrogen (secondary N) is 1. The second-order valence-electron chi connectivity index (χ2n) is 5.41. The van der Waals surface area contributed by atoms with E-state index in [0.717, 1.165) is 0 Å². The van der Waals surface area contributed by atoms with Crippen LogP contribution in [-0.4, -0.2) is 31.7 Å². The van der Waals surface area contributed by atoms with Gasteiger partial charge >= 0.3 is 12.1 Å². The number of amides is 1. The Labute approximate surface area is 162 Å². The molecule has 0 spiro atoms. The van der Waals surface area contributed by atoms with Crippen molar-refractivity contribution in [2.45, 2.75) is 23.4 Å². The van der Waals surface area contributed by atoms with Gasteiger partial charge in [0.15, 0.2) is 11.5 Å². The van der Waals surface area contributed by atoms with Crippen LogP contribution in [0.1, 0.15) is 15.9 Å². The highest BCUT2D eigenvalue weighted by Gasteiger charge is 2.31. The van der Waals surface area contributed by atoms with Gasteiger partial charge in [0.1, 0.15) is 0 Å². The highest BCUT2D eigenvalue weighted by atomic mass is 32.2.